The number of thiophene rings is 4. The Morgan fingerprint density at radius 2 is 0.787 bits per heavy atom. The summed E-state index contributed by atoms with van der Waals surface area (Å²) in [5.74, 6) is -7.01. The summed E-state index contributed by atoms with van der Waals surface area (Å²) in [7, 11) is 0. The van der Waals surface area contributed by atoms with Crippen LogP contribution in [0.25, 0.3) is 41.4 Å². The van der Waals surface area contributed by atoms with Gasteiger partial charge in [-0.1, -0.05) is 38.5 Å². The van der Waals surface area contributed by atoms with E-state index in [1.165, 1.54) is 38.4 Å². The van der Waals surface area contributed by atoms with E-state index in [0.717, 1.165) is 124 Å². The number of hydrogen-bond donors (Lipinski definition) is 0. The largest absolute Gasteiger partial charge is 0.288 e. The number of halogens is 4. The van der Waals surface area contributed by atoms with Crippen molar-refractivity contribution in [3.05, 3.63) is 137 Å². The number of benzene rings is 2. The molecule has 5 heterocycles. The monoisotopic (exact) mass is 890 g/mol. The van der Waals surface area contributed by atoms with Crippen LogP contribution in [0.4, 0.5) is 17.6 Å². The number of aryl methyl sites for hydroxylation is 2. The molecule has 6 aromatic rings. The Hall–Kier alpha value is -4.88. The molecule has 0 N–H and O–H groups in total. The van der Waals surface area contributed by atoms with Crippen LogP contribution in [-0.2, 0) is 18.3 Å². The topological polar surface area (TPSA) is 68.3 Å². The first-order valence-corrected chi connectivity index (χ1v) is 23.9. The van der Waals surface area contributed by atoms with Crippen molar-refractivity contribution in [2.75, 3.05) is 0 Å². The van der Waals surface area contributed by atoms with Gasteiger partial charge in [-0.25, -0.2) is 17.6 Å². The summed E-state index contributed by atoms with van der Waals surface area (Å²) in [6, 6.07) is 12.2. The fourth-order valence-corrected chi connectivity index (χ4v) is 15.3. The second-order valence-electron chi connectivity index (χ2n) is 16.7. The van der Waals surface area contributed by atoms with Gasteiger partial charge < -0.3 is 0 Å². The summed E-state index contributed by atoms with van der Waals surface area (Å²) in [5.41, 5.74) is 4.34. The van der Waals surface area contributed by atoms with Crippen LogP contribution in [-0.4, -0.2) is 23.1 Å². The van der Waals surface area contributed by atoms with Crippen LogP contribution in [0, 0.1) is 23.3 Å². The van der Waals surface area contributed by atoms with Crippen LogP contribution < -0.4 is 0 Å². The molecule has 4 aromatic heterocycles. The van der Waals surface area contributed by atoms with Crippen LogP contribution in [0.3, 0.4) is 0 Å². The Kier molecular flexibility index (Phi) is 9.34. The Labute approximate surface area is 364 Å². The van der Waals surface area contributed by atoms with Crippen molar-refractivity contribution >= 4 is 80.6 Å². The van der Waals surface area contributed by atoms with E-state index in [4.69, 9.17) is 0 Å². The van der Waals surface area contributed by atoms with Gasteiger partial charge in [0.2, 0.25) is 0 Å². The molecule has 0 atom stereocenters. The average Bonchev–Trinajstić information content (AvgIpc) is 4.12. The molecule has 306 valence electrons. The fourth-order valence-electron chi connectivity index (χ4n) is 10.1. The van der Waals surface area contributed by atoms with Crippen molar-refractivity contribution < 1.29 is 36.7 Å². The highest BCUT2D eigenvalue weighted by Crippen LogP contribution is 2.63. The summed E-state index contributed by atoms with van der Waals surface area (Å²) in [6.45, 7) is 0. The lowest BCUT2D eigenvalue weighted by atomic mass is 9.68. The summed E-state index contributed by atoms with van der Waals surface area (Å²) in [5, 5.41) is 0. The summed E-state index contributed by atoms with van der Waals surface area (Å²) in [6.07, 6.45) is 15.3. The first-order valence-electron chi connectivity index (χ1n) is 20.6. The van der Waals surface area contributed by atoms with E-state index in [1.54, 1.807) is 57.5 Å². The van der Waals surface area contributed by atoms with Gasteiger partial charge in [-0.15, -0.1) is 45.3 Å². The number of hydrogen-bond acceptors (Lipinski definition) is 8. The summed E-state index contributed by atoms with van der Waals surface area (Å²) < 4.78 is 56.4. The first kappa shape index (κ1) is 39.0. The molecule has 0 radical (unpaired) electrons. The van der Waals surface area contributed by atoms with E-state index in [0.29, 0.717) is 0 Å². The van der Waals surface area contributed by atoms with E-state index >= 15 is 0 Å². The van der Waals surface area contributed by atoms with E-state index in [9.17, 15) is 36.7 Å². The molecule has 4 bridgehead atoms. The molecule has 1 spiro atoms. The molecule has 5 aliphatic rings. The van der Waals surface area contributed by atoms with Crippen molar-refractivity contribution in [1.82, 2.24) is 0 Å². The zero-order valence-electron chi connectivity index (χ0n) is 32.5. The maximum absolute atomic E-state index is 14.1. The molecule has 2 aromatic carbocycles. The summed E-state index contributed by atoms with van der Waals surface area (Å²) >= 11 is 6.68. The number of ketones is 4. The SMILES string of the molecule is O=C1C(=Cc2cc3c(s2)-c2cc4c(s2)-c2sc(cc2C42CCCCC2)-c2sc(C=C4C(=O)c5cc(F)c(F)cc5C4=O)cc2CCCCCCC3)C(=O)c2cc(F)c(F)cc21. The third-order valence-corrected chi connectivity index (χ3v) is 18.1. The smallest absolute Gasteiger partial charge is 0.197 e. The zero-order chi connectivity index (χ0) is 41.9. The van der Waals surface area contributed by atoms with Gasteiger partial charge in [0, 0.05) is 66.7 Å². The van der Waals surface area contributed by atoms with Crippen molar-refractivity contribution in [1.29, 1.82) is 0 Å². The van der Waals surface area contributed by atoms with Gasteiger partial charge in [0.05, 0.1) is 11.1 Å². The van der Waals surface area contributed by atoms with Gasteiger partial charge in [-0.3, -0.25) is 19.2 Å². The number of carbonyl (C=O) groups excluding carboxylic acids is 4. The number of rotatable bonds is 2. The molecule has 1 aliphatic heterocycles. The second-order valence-corrected chi connectivity index (χ2v) is 21.0. The lowest BCUT2D eigenvalue weighted by molar-refractivity contribution is 0.0975. The van der Waals surface area contributed by atoms with Crippen LogP contribution in [0.15, 0.2) is 59.7 Å². The van der Waals surface area contributed by atoms with E-state index in [-0.39, 0.29) is 38.8 Å². The van der Waals surface area contributed by atoms with Crippen LogP contribution >= 0.6 is 45.3 Å². The summed E-state index contributed by atoms with van der Waals surface area (Å²) in [4.78, 5) is 62.0. The molecule has 4 nitrogen and oxygen atoms in total. The number of Topliss-reactive ketones (excluding diaryl/α,β-unsaturated/α-hetero) is 4. The van der Waals surface area contributed by atoms with Crippen molar-refractivity contribution in [3.8, 4) is 29.3 Å². The highest BCUT2D eigenvalue weighted by Gasteiger charge is 2.47. The van der Waals surface area contributed by atoms with Gasteiger partial charge in [-0.2, -0.15) is 0 Å². The van der Waals surface area contributed by atoms with Gasteiger partial charge in [0.1, 0.15) is 0 Å². The van der Waals surface area contributed by atoms with Crippen LogP contribution in [0.1, 0.15) is 138 Å². The average molecular weight is 891 g/mol. The van der Waals surface area contributed by atoms with Gasteiger partial charge in [0.25, 0.3) is 0 Å². The fraction of sp³-hybridized carbons (Fsp3) is 0.265. The van der Waals surface area contributed by atoms with E-state index < -0.39 is 46.4 Å². The van der Waals surface area contributed by atoms with Crippen molar-refractivity contribution in [2.24, 2.45) is 0 Å². The molecule has 4 aliphatic carbocycles. The number of carbonyl (C=O) groups is 4. The standard InChI is InChI=1S/C49H34F4O4S4/c50-35-17-27-28(18-36(35)51)42(55)31(41(27)54)15-25-13-23-9-5-2-1-3-6-10-24-14-26(16-32-43(56)29-19-37(52)38(53)20-30(29)44(32)57)59-46(24)40-22-34-48(61-40)47-33(21-39(60-47)45(23)58-25)49(34)11-7-4-8-12-49/h13-22H,1-12H2. The quantitative estimate of drug-likeness (QED) is 0.0987. The Morgan fingerprint density at radius 1 is 0.426 bits per heavy atom. The third-order valence-electron chi connectivity index (χ3n) is 13.1. The minimum Gasteiger partial charge on any atom is -0.288 e. The van der Waals surface area contributed by atoms with Crippen molar-refractivity contribution in [3.63, 3.8) is 0 Å². The Balaban J connectivity index is 1.00. The number of allylic oxidation sites excluding steroid dienone is 2. The lowest BCUT2D eigenvalue weighted by Gasteiger charge is -2.34. The molecule has 1 fully saturated rings. The molecular weight excluding hydrogens is 857 g/mol. The van der Waals surface area contributed by atoms with Gasteiger partial charge in [0.15, 0.2) is 46.4 Å². The highest BCUT2D eigenvalue weighted by atomic mass is 32.1. The third kappa shape index (κ3) is 6.14. The zero-order valence-corrected chi connectivity index (χ0v) is 35.8. The Bertz CT molecular complexity index is 2740. The van der Waals surface area contributed by atoms with Gasteiger partial charge >= 0.3 is 0 Å². The Morgan fingerprint density at radius 3 is 1.18 bits per heavy atom. The molecule has 0 unspecified atom stereocenters. The van der Waals surface area contributed by atoms with E-state index in [1.807, 2.05) is 0 Å². The van der Waals surface area contributed by atoms with Crippen LogP contribution in [0.2, 0.25) is 0 Å². The van der Waals surface area contributed by atoms with Crippen LogP contribution in [0.5, 0.6) is 0 Å². The predicted molar refractivity (Wildman–Crippen MR) is 235 cm³/mol. The maximum atomic E-state index is 14.1. The lowest BCUT2D eigenvalue weighted by Crippen LogP contribution is -2.27. The highest BCUT2D eigenvalue weighted by molar-refractivity contribution is 7.29. The van der Waals surface area contributed by atoms with Gasteiger partial charge in [-0.05, 0) is 121 Å². The second kappa shape index (κ2) is 14.6. The predicted octanol–water partition coefficient (Wildman–Crippen LogP) is 14.0. The van der Waals surface area contributed by atoms with Crippen molar-refractivity contribution in [2.45, 2.75) is 82.5 Å². The molecule has 0 saturated heterocycles. The minimum absolute atomic E-state index is 0.0796. The molecular formula is C49H34F4O4S4. The minimum atomic E-state index is -1.16. The molecule has 1 saturated carbocycles. The first-order chi connectivity index (χ1) is 29.5. The normalized spacial score (nSPS) is 17.9. The maximum Gasteiger partial charge on any atom is 0.197 e. The molecule has 11 rings (SSSR count). The molecule has 12 heteroatoms. The molecule has 61 heavy (non-hydrogen) atoms. The number of fused-ring (bicyclic) bond motifs is 10. The van der Waals surface area contributed by atoms with E-state index in [2.05, 4.69) is 24.3 Å². The molecule has 0 amide bonds.